The smallest absolute Gasteiger partial charge is 0.255 e. The van der Waals surface area contributed by atoms with Gasteiger partial charge in [0.1, 0.15) is 0 Å². The van der Waals surface area contributed by atoms with Crippen molar-refractivity contribution in [3.8, 4) is 0 Å². The Bertz CT molecular complexity index is 559. The lowest BCUT2D eigenvalue weighted by Gasteiger charge is -2.07. The summed E-state index contributed by atoms with van der Waals surface area (Å²) in [4.78, 5) is 12.1. The van der Waals surface area contributed by atoms with E-state index in [2.05, 4.69) is 24.4 Å². The van der Waals surface area contributed by atoms with E-state index < -0.39 is 0 Å². The van der Waals surface area contributed by atoms with E-state index in [0.717, 1.165) is 17.7 Å². The Kier molecular flexibility index (Phi) is 6.63. The summed E-state index contributed by atoms with van der Waals surface area (Å²) in [7, 11) is 0. The quantitative estimate of drug-likeness (QED) is 0.893. The molecule has 112 valence electrons. The molecule has 0 aliphatic carbocycles. The fourth-order valence-electron chi connectivity index (χ4n) is 2.04. The number of aryl methyl sites for hydroxylation is 2. The van der Waals surface area contributed by atoms with E-state index >= 15 is 0 Å². The fourth-order valence-corrected chi connectivity index (χ4v) is 2.04. The number of hydrogen-bond acceptors (Lipinski definition) is 1. The number of unbranched alkanes of at least 4 members (excludes halogenated alkanes) is 1. The summed E-state index contributed by atoms with van der Waals surface area (Å²) in [6, 6.07) is 15.7. The van der Waals surface area contributed by atoms with Crippen LogP contribution in [0.25, 0.3) is 0 Å². The molecule has 2 aromatic rings. The molecule has 0 bridgehead atoms. The minimum Gasteiger partial charge on any atom is -0.412 e. The standard InChI is InChI=1S/C18H21NO.H2O/c1-3-4-5-15-8-12-17(13-9-15)19-18(20)16-10-6-14(2)7-11-16;/h6-13H,3-5H2,1-2H3,(H,19,20);1H2. The van der Waals surface area contributed by atoms with Gasteiger partial charge < -0.3 is 10.8 Å². The highest BCUT2D eigenvalue weighted by atomic mass is 16.1. The topological polar surface area (TPSA) is 60.6 Å². The number of benzene rings is 2. The minimum absolute atomic E-state index is 0. The summed E-state index contributed by atoms with van der Waals surface area (Å²) in [6.07, 6.45) is 3.50. The van der Waals surface area contributed by atoms with Crippen molar-refractivity contribution in [2.24, 2.45) is 0 Å². The lowest BCUT2D eigenvalue weighted by atomic mass is 10.1. The number of anilines is 1. The zero-order valence-electron chi connectivity index (χ0n) is 12.6. The number of carbonyl (C=O) groups excluding carboxylic acids is 1. The van der Waals surface area contributed by atoms with E-state index in [-0.39, 0.29) is 11.4 Å². The molecule has 3 heteroatoms. The van der Waals surface area contributed by atoms with Crippen LogP contribution in [0.2, 0.25) is 0 Å². The molecule has 3 N–H and O–H groups in total. The van der Waals surface area contributed by atoms with Gasteiger partial charge in [-0.1, -0.05) is 43.2 Å². The third-order valence-electron chi connectivity index (χ3n) is 3.34. The molecule has 21 heavy (non-hydrogen) atoms. The lowest BCUT2D eigenvalue weighted by Crippen LogP contribution is -2.11. The highest BCUT2D eigenvalue weighted by Gasteiger charge is 2.05. The first kappa shape index (κ1) is 16.9. The second kappa shape index (κ2) is 8.22. The van der Waals surface area contributed by atoms with Gasteiger partial charge >= 0.3 is 0 Å². The van der Waals surface area contributed by atoms with Crippen molar-refractivity contribution in [1.29, 1.82) is 0 Å². The highest BCUT2D eigenvalue weighted by molar-refractivity contribution is 6.04. The van der Waals surface area contributed by atoms with Crippen molar-refractivity contribution in [2.45, 2.75) is 33.1 Å². The van der Waals surface area contributed by atoms with Gasteiger partial charge in [0, 0.05) is 11.3 Å². The van der Waals surface area contributed by atoms with Crippen LogP contribution in [-0.2, 0) is 6.42 Å². The Hall–Kier alpha value is -2.13. The van der Waals surface area contributed by atoms with Gasteiger partial charge in [-0.25, -0.2) is 0 Å². The number of hydrogen-bond donors (Lipinski definition) is 1. The van der Waals surface area contributed by atoms with Crippen LogP contribution in [0, 0.1) is 6.92 Å². The number of carbonyl (C=O) groups is 1. The molecular weight excluding hydrogens is 262 g/mol. The molecule has 0 radical (unpaired) electrons. The van der Waals surface area contributed by atoms with E-state index in [0.29, 0.717) is 5.56 Å². The van der Waals surface area contributed by atoms with Crippen molar-refractivity contribution >= 4 is 11.6 Å². The third kappa shape index (κ3) is 5.04. The van der Waals surface area contributed by atoms with Gasteiger partial charge in [-0.05, 0) is 49.6 Å². The molecule has 0 aromatic heterocycles. The van der Waals surface area contributed by atoms with Gasteiger partial charge in [0.25, 0.3) is 5.91 Å². The van der Waals surface area contributed by atoms with Crippen molar-refractivity contribution in [3.63, 3.8) is 0 Å². The summed E-state index contributed by atoms with van der Waals surface area (Å²) in [5, 5.41) is 2.92. The van der Waals surface area contributed by atoms with Crippen LogP contribution < -0.4 is 5.32 Å². The normalized spacial score (nSPS) is 9.81. The van der Waals surface area contributed by atoms with Gasteiger partial charge in [-0.15, -0.1) is 0 Å². The lowest BCUT2D eigenvalue weighted by molar-refractivity contribution is 0.102. The van der Waals surface area contributed by atoms with Gasteiger partial charge in [0.2, 0.25) is 0 Å². The maximum atomic E-state index is 12.1. The Morgan fingerprint density at radius 3 is 2.19 bits per heavy atom. The molecule has 0 heterocycles. The van der Waals surface area contributed by atoms with E-state index in [1.165, 1.54) is 18.4 Å². The van der Waals surface area contributed by atoms with E-state index in [1.807, 2.05) is 43.3 Å². The first-order chi connectivity index (χ1) is 9.69. The molecule has 0 aliphatic rings. The van der Waals surface area contributed by atoms with Gasteiger partial charge in [0.05, 0.1) is 0 Å². The van der Waals surface area contributed by atoms with Crippen LogP contribution in [0.15, 0.2) is 48.5 Å². The predicted molar refractivity (Wildman–Crippen MR) is 87.8 cm³/mol. The molecule has 0 spiro atoms. The average Bonchev–Trinajstić information content (AvgIpc) is 2.47. The summed E-state index contributed by atoms with van der Waals surface area (Å²) in [5.41, 5.74) is 4.00. The summed E-state index contributed by atoms with van der Waals surface area (Å²) in [5.74, 6) is -0.0636. The SMILES string of the molecule is CCCCc1ccc(NC(=O)c2ccc(C)cc2)cc1.O. The third-order valence-corrected chi connectivity index (χ3v) is 3.34. The largest absolute Gasteiger partial charge is 0.412 e. The van der Waals surface area contributed by atoms with Crippen LogP contribution >= 0.6 is 0 Å². The minimum atomic E-state index is -0.0636. The van der Waals surface area contributed by atoms with Gasteiger partial charge in [-0.3, -0.25) is 4.79 Å². The predicted octanol–water partition coefficient (Wildman–Crippen LogP) is 3.77. The molecule has 3 nitrogen and oxygen atoms in total. The van der Waals surface area contributed by atoms with Gasteiger partial charge in [-0.2, -0.15) is 0 Å². The second-order valence-corrected chi connectivity index (χ2v) is 5.12. The number of nitrogens with one attached hydrogen (secondary N) is 1. The van der Waals surface area contributed by atoms with Crippen LogP contribution in [-0.4, -0.2) is 11.4 Å². The summed E-state index contributed by atoms with van der Waals surface area (Å²) >= 11 is 0. The molecule has 1 amide bonds. The van der Waals surface area contributed by atoms with Crippen molar-refractivity contribution in [1.82, 2.24) is 0 Å². The zero-order chi connectivity index (χ0) is 14.4. The summed E-state index contributed by atoms with van der Waals surface area (Å²) < 4.78 is 0. The fraction of sp³-hybridized carbons (Fsp3) is 0.278. The molecule has 0 fully saturated rings. The molecule has 0 unspecified atom stereocenters. The van der Waals surface area contributed by atoms with Crippen LogP contribution in [0.5, 0.6) is 0 Å². The first-order valence-electron chi connectivity index (χ1n) is 7.16. The molecule has 0 atom stereocenters. The number of amides is 1. The molecule has 0 saturated heterocycles. The van der Waals surface area contributed by atoms with Crippen LogP contribution in [0.1, 0.15) is 41.3 Å². The average molecular weight is 285 g/mol. The van der Waals surface area contributed by atoms with E-state index in [1.54, 1.807) is 0 Å². The molecule has 0 aliphatic heterocycles. The Morgan fingerprint density at radius 2 is 1.62 bits per heavy atom. The maximum absolute atomic E-state index is 12.1. The Morgan fingerprint density at radius 1 is 1.00 bits per heavy atom. The monoisotopic (exact) mass is 285 g/mol. The van der Waals surface area contributed by atoms with E-state index in [9.17, 15) is 4.79 Å². The molecular formula is C18H23NO2. The second-order valence-electron chi connectivity index (χ2n) is 5.12. The van der Waals surface area contributed by atoms with Crippen LogP contribution in [0.3, 0.4) is 0 Å². The number of rotatable bonds is 5. The molecule has 2 aromatic carbocycles. The molecule has 0 saturated carbocycles. The van der Waals surface area contributed by atoms with Crippen LogP contribution in [0.4, 0.5) is 5.69 Å². The van der Waals surface area contributed by atoms with E-state index in [4.69, 9.17) is 0 Å². The highest BCUT2D eigenvalue weighted by Crippen LogP contribution is 2.13. The van der Waals surface area contributed by atoms with Crippen molar-refractivity contribution < 1.29 is 10.3 Å². The Labute approximate surface area is 126 Å². The van der Waals surface area contributed by atoms with Crippen molar-refractivity contribution in [2.75, 3.05) is 5.32 Å². The summed E-state index contributed by atoms with van der Waals surface area (Å²) in [6.45, 7) is 4.20. The van der Waals surface area contributed by atoms with Crippen molar-refractivity contribution in [3.05, 3.63) is 65.2 Å². The first-order valence-corrected chi connectivity index (χ1v) is 7.16. The zero-order valence-corrected chi connectivity index (χ0v) is 12.6. The Balaban J connectivity index is 0.00000220. The van der Waals surface area contributed by atoms with Gasteiger partial charge in [0.15, 0.2) is 0 Å². The maximum Gasteiger partial charge on any atom is 0.255 e. The molecule has 2 rings (SSSR count).